The molecule has 19 heteroatoms. The number of alkyl halides is 1. The van der Waals surface area contributed by atoms with Gasteiger partial charge in [-0.15, -0.1) is 11.8 Å². The maximum Gasteiger partial charge on any atom is 0.349 e. The third-order valence-electron chi connectivity index (χ3n) is 6.42. The summed E-state index contributed by atoms with van der Waals surface area (Å²) in [5.74, 6) is -3.33. The van der Waals surface area contributed by atoms with Crippen molar-refractivity contribution < 1.29 is 38.1 Å². The molecule has 0 saturated carbocycles. The van der Waals surface area contributed by atoms with Crippen molar-refractivity contribution in [3.8, 4) is 0 Å². The molecule has 2 unspecified atom stereocenters. The van der Waals surface area contributed by atoms with Crippen LogP contribution in [0.4, 0.5) is 9.52 Å². The fraction of sp³-hybridized carbons (Fsp3) is 0.348. The largest absolute Gasteiger partial charge is 0.543 e. The number of carboxylic acid groups (broad SMARTS) is 1. The number of β-lactam (4-membered cyclic amide) rings is 1. The van der Waals surface area contributed by atoms with E-state index < -0.39 is 41.8 Å². The number of carbonyl (C=O) groups is 4. The third kappa shape index (κ3) is 5.34. The quantitative estimate of drug-likeness (QED) is 0.106. The van der Waals surface area contributed by atoms with Gasteiger partial charge in [-0.2, -0.15) is 9.36 Å². The lowest BCUT2D eigenvalue weighted by atomic mass is 10.0. The fourth-order valence-electron chi connectivity index (χ4n) is 4.43. The Morgan fingerprint density at radius 1 is 1.38 bits per heavy atom. The highest BCUT2D eigenvalue weighted by atomic mass is 32.2. The molecule has 0 aromatic carbocycles. The molecule has 5 heterocycles. The van der Waals surface area contributed by atoms with Gasteiger partial charge in [0.05, 0.1) is 17.9 Å². The summed E-state index contributed by atoms with van der Waals surface area (Å²) in [6.45, 7) is -1.17. The Morgan fingerprint density at radius 3 is 2.83 bits per heavy atom. The number of carboxylic acids is 1. The number of likely N-dealkylation sites (N-methyl/N-ethyl adjacent to an activating group) is 1. The number of hydrogen-bond acceptors (Lipinski definition) is 13. The molecule has 3 aromatic heterocycles. The van der Waals surface area contributed by atoms with Crippen LogP contribution in [0, 0.1) is 0 Å². The third-order valence-corrected chi connectivity index (χ3v) is 8.30. The average molecular weight is 619 g/mol. The number of nitrogens with zero attached hydrogens (tertiary/aromatic N) is 8. The molecule has 2 aliphatic rings. The molecule has 5 rings (SSSR count). The van der Waals surface area contributed by atoms with Crippen LogP contribution in [-0.2, 0) is 37.1 Å². The lowest BCUT2D eigenvalue weighted by Gasteiger charge is -2.50. The van der Waals surface area contributed by atoms with E-state index in [4.69, 9.17) is 5.73 Å². The van der Waals surface area contributed by atoms with Crippen molar-refractivity contribution in [1.82, 2.24) is 34.0 Å². The summed E-state index contributed by atoms with van der Waals surface area (Å²) < 4.78 is 19.8. The van der Waals surface area contributed by atoms with Crippen LogP contribution in [0.3, 0.4) is 0 Å². The first-order chi connectivity index (χ1) is 20.1. The molecule has 0 bridgehead atoms. The van der Waals surface area contributed by atoms with Crippen molar-refractivity contribution in [2.75, 3.05) is 32.4 Å². The molecule has 0 spiro atoms. The van der Waals surface area contributed by atoms with Gasteiger partial charge < -0.3 is 30.7 Å². The molecule has 0 radical (unpaired) electrons. The highest BCUT2D eigenvalue weighted by molar-refractivity contribution is 8.00. The van der Waals surface area contributed by atoms with E-state index in [-0.39, 0.29) is 41.4 Å². The minimum atomic E-state index is -1.55. The van der Waals surface area contributed by atoms with E-state index in [0.29, 0.717) is 16.7 Å². The molecular formula is C23H23FN10O6S2. The zero-order chi connectivity index (χ0) is 30.1. The lowest BCUT2D eigenvalue weighted by Crippen LogP contribution is -2.71. The number of amides is 3. The molecule has 42 heavy (non-hydrogen) atoms. The number of rotatable bonds is 10. The Kier molecular flexibility index (Phi) is 8.03. The lowest BCUT2D eigenvalue weighted by molar-refractivity contribution is -0.664. The van der Waals surface area contributed by atoms with E-state index >= 15 is 0 Å². The number of thioether (sulfide) groups is 1. The van der Waals surface area contributed by atoms with E-state index in [0.717, 1.165) is 16.4 Å². The van der Waals surface area contributed by atoms with Gasteiger partial charge in [0.1, 0.15) is 30.0 Å². The standard InChI is InChI=1S/C23H23FN10O6S2/c1-31(2)13(35)7-33-10-26-18-12(33)4-3-5-32(18)6-11-8-41-21-15(20(37)34(21)16(11)22(38)39)27-19(36)14(29-40-9-24)17-28-23(25)42-30-17/h3-5,10,15,21H,6-9H2,1-2H3,(H3-,25,27,28,30,36,38,39)/b29-14-. The number of aromatic nitrogens is 5. The number of pyridine rings is 1. The van der Waals surface area contributed by atoms with Crippen molar-refractivity contribution in [2.24, 2.45) is 5.16 Å². The van der Waals surface area contributed by atoms with Gasteiger partial charge >= 0.3 is 5.65 Å². The van der Waals surface area contributed by atoms with Crippen molar-refractivity contribution in [3.05, 3.63) is 41.8 Å². The molecular weight excluding hydrogens is 595 g/mol. The molecule has 3 N–H and O–H groups in total. The van der Waals surface area contributed by atoms with Crippen LogP contribution in [-0.4, -0.2) is 96.2 Å². The first kappa shape index (κ1) is 28.9. The molecule has 16 nitrogen and oxygen atoms in total. The summed E-state index contributed by atoms with van der Waals surface area (Å²) in [5, 5.41) is 17.4. The van der Waals surface area contributed by atoms with Gasteiger partial charge in [-0.1, -0.05) is 5.16 Å². The summed E-state index contributed by atoms with van der Waals surface area (Å²) in [5.41, 5.74) is 6.33. The van der Waals surface area contributed by atoms with Crippen LogP contribution < -0.4 is 20.7 Å². The van der Waals surface area contributed by atoms with Gasteiger partial charge in [0.15, 0.2) is 5.13 Å². The monoisotopic (exact) mass is 618 g/mol. The van der Waals surface area contributed by atoms with Gasteiger partial charge in [0.25, 0.3) is 18.7 Å². The van der Waals surface area contributed by atoms with Crippen LogP contribution in [0.15, 0.2) is 41.1 Å². The number of nitrogens with one attached hydrogen (secondary N) is 1. The number of carbonyl (C=O) groups excluding carboxylic acids is 4. The summed E-state index contributed by atoms with van der Waals surface area (Å²) >= 11 is 2.01. The SMILES string of the molecule is CN(C)C(=O)Cn1cnc2c1ccc[n+]2CC1=C(C(=O)[O-])N2C(=O)C(NC(=O)/C(=N\OCF)c3nsc(N)n3)C2SC1. The predicted octanol–water partition coefficient (Wildman–Crippen LogP) is -2.40. The summed E-state index contributed by atoms with van der Waals surface area (Å²) in [6, 6.07) is 2.42. The minimum Gasteiger partial charge on any atom is -0.543 e. The predicted molar refractivity (Wildman–Crippen MR) is 144 cm³/mol. The molecule has 2 aliphatic heterocycles. The summed E-state index contributed by atoms with van der Waals surface area (Å²) in [7, 11) is 3.30. The number of fused-ring (bicyclic) bond motifs is 2. The highest BCUT2D eigenvalue weighted by Crippen LogP contribution is 2.40. The molecule has 2 atom stereocenters. The fourth-order valence-corrected chi connectivity index (χ4v) is 6.20. The van der Waals surface area contributed by atoms with Crippen molar-refractivity contribution in [1.29, 1.82) is 0 Å². The smallest absolute Gasteiger partial charge is 0.349 e. The Hall–Kier alpha value is -4.65. The molecule has 0 aliphatic carbocycles. The van der Waals surface area contributed by atoms with Crippen LogP contribution in [0.1, 0.15) is 5.82 Å². The number of aliphatic carboxylic acids is 1. The topological polar surface area (TPSA) is 205 Å². The Bertz CT molecular complexity index is 1650. The Labute approximate surface area is 244 Å². The van der Waals surface area contributed by atoms with E-state index in [1.807, 2.05) is 0 Å². The van der Waals surface area contributed by atoms with Crippen molar-refractivity contribution >= 4 is 69.0 Å². The van der Waals surface area contributed by atoms with Gasteiger partial charge in [0.2, 0.25) is 23.8 Å². The molecule has 1 fully saturated rings. The minimum absolute atomic E-state index is 0.0260. The number of nitrogens with two attached hydrogens (primary N) is 1. The number of anilines is 1. The second-order valence-corrected chi connectivity index (χ2v) is 11.1. The number of oxime groups is 1. The molecule has 1 saturated heterocycles. The van der Waals surface area contributed by atoms with Gasteiger partial charge in [-0.25, -0.2) is 8.96 Å². The average Bonchev–Trinajstić information content (AvgIpc) is 3.58. The molecule has 3 aromatic rings. The van der Waals surface area contributed by atoms with Crippen LogP contribution in [0.25, 0.3) is 11.2 Å². The zero-order valence-corrected chi connectivity index (χ0v) is 23.7. The normalized spacial score (nSPS) is 18.5. The van der Waals surface area contributed by atoms with Gasteiger partial charge in [-0.3, -0.25) is 23.9 Å². The Morgan fingerprint density at radius 2 is 2.17 bits per heavy atom. The summed E-state index contributed by atoms with van der Waals surface area (Å²) in [4.78, 5) is 65.6. The van der Waals surface area contributed by atoms with Crippen LogP contribution in [0.2, 0.25) is 0 Å². The van der Waals surface area contributed by atoms with Crippen LogP contribution >= 0.6 is 23.3 Å². The van der Waals surface area contributed by atoms with Crippen molar-refractivity contribution in [3.63, 3.8) is 0 Å². The van der Waals surface area contributed by atoms with Gasteiger partial charge in [0, 0.05) is 37.0 Å². The number of hydrogen-bond donors (Lipinski definition) is 2. The van der Waals surface area contributed by atoms with Gasteiger partial charge in [-0.05, 0) is 17.1 Å². The van der Waals surface area contributed by atoms with Crippen LogP contribution in [0.5, 0.6) is 0 Å². The zero-order valence-electron chi connectivity index (χ0n) is 22.1. The number of halogens is 1. The Balaban J connectivity index is 1.37. The van der Waals surface area contributed by atoms with Crippen molar-refractivity contribution in [2.45, 2.75) is 24.5 Å². The van der Waals surface area contributed by atoms with E-state index in [1.54, 1.807) is 41.6 Å². The maximum atomic E-state index is 13.1. The molecule has 3 amide bonds. The first-order valence-corrected chi connectivity index (χ1v) is 14.0. The number of nitrogen functional groups attached to an aromatic ring is 1. The highest BCUT2D eigenvalue weighted by Gasteiger charge is 2.53. The van der Waals surface area contributed by atoms with E-state index in [9.17, 15) is 28.7 Å². The first-order valence-electron chi connectivity index (χ1n) is 12.2. The molecule has 220 valence electrons. The second-order valence-electron chi connectivity index (χ2n) is 9.24. The van der Waals surface area contributed by atoms with E-state index in [2.05, 4.69) is 29.7 Å². The second kappa shape index (κ2) is 11.7. The summed E-state index contributed by atoms with van der Waals surface area (Å²) in [6.07, 6.45) is 3.24. The van der Waals surface area contributed by atoms with E-state index in [1.165, 1.54) is 23.0 Å². The maximum absolute atomic E-state index is 13.1. The number of imidazole rings is 1.